The van der Waals surface area contributed by atoms with Gasteiger partial charge in [-0.3, -0.25) is 9.59 Å². The van der Waals surface area contributed by atoms with E-state index in [2.05, 4.69) is 31.3 Å². The first-order valence-corrected chi connectivity index (χ1v) is 11.1. The zero-order valence-corrected chi connectivity index (χ0v) is 17.4. The van der Waals surface area contributed by atoms with Gasteiger partial charge in [-0.2, -0.15) is 0 Å². The van der Waals surface area contributed by atoms with Crippen molar-refractivity contribution in [1.82, 2.24) is 0 Å². The van der Waals surface area contributed by atoms with Crippen LogP contribution in [0, 0.1) is 23.2 Å². The van der Waals surface area contributed by atoms with Gasteiger partial charge in [0.05, 0.1) is 11.8 Å². The number of thiophene rings is 1. The molecule has 5 atom stereocenters. The van der Waals surface area contributed by atoms with Gasteiger partial charge in [0.25, 0.3) is 0 Å². The van der Waals surface area contributed by atoms with E-state index in [-0.39, 0.29) is 35.2 Å². The Kier molecular flexibility index (Phi) is 4.39. The Hall–Kier alpha value is -2.40. The molecule has 5 heteroatoms. The molecule has 1 saturated carbocycles. The van der Waals surface area contributed by atoms with E-state index in [9.17, 15) is 9.59 Å². The molecule has 1 aromatic carbocycles. The molecule has 0 bridgehead atoms. The molecule has 29 heavy (non-hydrogen) atoms. The molecule has 4 nitrogen and oxygen atoms in total. The highest BCUT2D eigenvalue weighted by Crippen LogP contribution is 2.57. The molecule has 2 aromatic rings. The van der Waals surface area contributed by atoms with Gasteiger partial charge in [-0.15, -0.1) is 11.3 Å². The number of ether oxygens (including phenoxy) is 1. The minimum absolute atomic E-state index is 0.0262. The topological polar surface area (TPSA) is 55.4 Å². The number of nitrogens with one attached hydrogen (secondary N) is 1. The highest BCUT2D eigenvalue weighted by molar-refractivity contribution is 7.10. The third-order valence-electron chi connectivity index (χ3n) is 6.57. The van der Waals surface area contributed by atoms with Crippen LogP contribution < -0.4 is 5.32 Å². The molecule has 3 aliphatic rings. The zero-order valence-electron chi connectivity index (χ0n) is 16.6. The number of rotatable bonds is 3. The molecular formula is C24H25NO3S. The van der Waals surface area contributed by atoms with Crippen molar-refractivity contribution >= 4 is 28.9 Å². The second-order valence-corrected chi connectivity index (χ2v) is 10.2. The molecule has 1 aliphatic heterocycles. The van der Waals surface area contributed by atoms with Crippen LogP contribution in [0.25, 0.3) is 0 Å². The van der Waals surface area contributed by atoms with Crippen molar-refractivity contribution in [3.05, 3.63) is 64.4 Å². The molecule has 2 aliphatic carbocycles. The largest absolute Gasteiger partial charge is 0.461 e. The quantitative estimate of drug-likeness (QED) is 0.575. The third kappa shape index (κ3) is 3.21. The molecule has 5 rings (SSSR count). The van der Waals surface area contributed by atoms with E-state index >= 15 is 0 Å². The Morgan fingerprint density at radius 3 is 2.66 bits per heavy atom. The van der Waals surface area contributed by atoms with Gasteiger partial charge in [-0.25, -0.2) is 0 Å². The predicted octanol–water partition coefficient (Wildman–Crippen LogP) is 5.00. The average Bonchev–Trinajstić information content (AvgIpc) is 3.30. The van der Waals surface area contributed by atoms with Crippen LogP contribution >= 0.6 is 11.3 Å². The first-order valence-electron chi connectivity index (χ1n) is 10.2. The number of hydrogen-bond donors (Lipinski definition) is 1. The number of benzene rings is 1. The fourth-order valence-corrected chi connectivity index (χ4v) is 6.36. The summed E-state index contributed by atoms with van der Waals surface area (Å²) in [6.07, 6.45) is 3.97. The van der Waals surface area contributed by atoms with E-state index in [1.807, 2.05) is 41.8 Å². The van der Waals surface area contributed by atoms with Gasteiger partial charge in [0.15, 0.2) is 0 Å². The van der Waals surface area contributed by atoms with Crippen molar-refractivity contribution in [3.63, 3.8) is 0 Å². The molecule has 2 fully saturated rings. The number of allylic oxidation sites excluding steroid dienone is 1. The van der Waals surface area contributed by atoms with Crippen molar-refractivity contribution in [2.24, 2.45) is 23.2 Å². The number of amides is 1. The summed E-state index contributed by atoms with van der Waals surface area (Å²) in [7, 11) is 0. The van der Waals surface area contributed by atoms with Crippen molar-refractivity contribution in [1.29, 1.82) is 0 Å². The van der Waals surface area contributed by atoms with E-state index in [4.69, 9.17) is 4.74 Å². The highest BCUT2D eigenvalue weighted by atomic mass is 32.1. The maximum Gasteiger partial charge on any atom is 0.310 e. The molecular weight excluding hydrogens is 382 g/mol. The van der Waals surface area contributed by atoms with E-state index < -0.39 is 11.8 Å². The first-order chi connectivity index (χ1) is 13.9. The third-order valence-corrected chi connectivity index (χ3v) is 7.55. The Bertz CT molecular complexity index is 963. The van der Waals surface area contributed by atoms with Crippen LogP contribution in [0.5, 0.6) is 0 Å². The van der Waals surface area contributed by atoms with Crippen molar-refractivity contribution in [3.8, 4) is 0 Å². The molecule has 150 valence electrons. The number of anilines is 1. The number of esters is 1. The monoisotopic (exact) mass is 407 g/mol. The number of para-hydroxylation sites is 1. The summed E-state index contributed by atoms with van der Waals surface area (Å²) in [5, 5.41) is 5.08. The molecule has 1 amide bonds. The van der Waals surface area contributed by atoms with Crippen LogP contribution in [-0.2, 0) is 14.3 Å². The molecule has 1 aromatic heterocycles. The second kappa shape index (κ2) is 6.84. The Balaban J connectivity index is 1.57. The first kappa shape index (κ1) is 18.6. The smallest absolute Gasteiger partial charge is 0.310 e. The maximum absolute atomic E-state index is 13.5. The normalized spacial score (nSPS) is 32.1. The summed E-state index contributed by atoms with van der Waals surface area (Å²) in [5.74, 6) is -1.25. The van der Waals surface area contributed by atoms with Gasteiger partial charge >= 0.3 is 5.97 Å². The SMILES string of the molecule is CC1(C)CC2=C[C@H](c3cccs3)[C@H](C(=O)Nc3ccccc3)[C@@H]3C(=O)O[C@H](C1)[C@H]23. The van der Waals surface area contributed by atoms with Gasteiger partial charge in [-0.1, -0.05) is 49.8 Å². The maximum atomic E-state index is 13.5. The molecule has 0 radical (unpaired) electrons. The van der Waals surface area contributed by atoms with Gasteiger partial charge in [0.2, 0.25) is 5.91 Å². The Morgan fingerprint density at radius 1 is 1.14 bits per heavy atom. The van der Waals surface area contributed by atoms with Gasteiger partial charge in [-0.05, 0) is 41.8 Å². The summed E-state index contributed by atoms with van der Waals surface area (Å²) in [6.45, 7) is 4.47. The van der Waals surface area contributed by atoms with E-state index in [0.29, 0.717) is 0 Å². The van der Waals surface area contributed by atoms with Gasteiger partial charge in [0.1, 0.15) is 6.10 Å². The van der Waals surface area contributed by atoms with Crippen LogP contribution in [0.3, 0.4) is 0 Å². The predicted molar refractivity (Wildman–Crippen MR) is 114 cm³/mol. The Labute approximate surface area is 175 Å². The lowest BCUT2D eigenvalue weighted by atomic mass is 9.58. The molecule has 0 unspecified atom stereocenters. The lowest BCUT2D eigenvalue weighted by Crippen LogP contribution is -2.45. The van der Waals surface area contributed by atoms with Crippen LogP contribution in [-0.4, -0.2) is 18.0 Å². The molecule has 0 spiro atoms. The lowest BCUT2D eigenvalue weighted by Gasteiger charge is -2.44. The summed E-state index contributed by atoms with van der Waals surface area (Å²) < 4.78 is 5.85. The molecule has 1 N–H and O–H groups in total. The summed E-state index contributed by atoms with van der Waals surface area (Å²) >= 11 is 1.65. The fourth-order valence-electron chi connectivity index (χ4n) is 5.52. The second-order valence-electron chi connectivity index (χ2n) is 9.24. The van der Waals surface area contributed by atoms with Crippen LogP contribution in [0.1, 0.15) is 37.5 Å². The minimum Gasteiger partial charge on any atom is -0.461 e. The van der Waals surface area contributed by atoms with Gasteiger partial charge < -0.3 is 10.1 Å². The standard InChI is InChI=1S/C24H25NO3S/c1-24(2)12-14-11-16(18-9-6-10-29-18)20(21-19(14)17(13-24)28-23(21)27)22(26)25-15-7-4-3-5-8-15/h3-11,16-17,19-21H,12-13H2,1-2H3,(H,25,26)/t16-,17-,19+,20+,21-/m1/s1. The number of hydrogen-bond acceptors (Lipinski definition) is 4. The highest BCUT2D eigenvalue weighted by Gasteiger charge is 2.59. The van der Waals surface area contributed by atoms with Crippen LogP contribution in [0.4, 0.5) is 5.69 Å². The minimum atomic E-state index is -0.457. The fraction of sp³-hybridized carbons (Fsp3) is 0.417. The molecule has 1 saturated heterocycles. The number of carbonyl (C=O) groups excluding carboxylic acids is 2. The van der Waals surface area contributed by atoms with Crippen LogP contribution in [0.2, 0.25) is 0 Å². The molecule has 2 heterocycles. The van der Waals surface area contributed by atoms with E-state index in [1.165, 1.54) is 5.57 Å². The summed E-state index contributed by atoms with van der Waals surface area (Å²) in [4.78, 5) is 27.6. The van der Waals surface area contributed by atoms with Crippen LogP contribution in [0.15, 0.2) is 59.5 Å². The van der Waals surface area contributed by atoms with Crippen molar-refractivity contribution < 1.29 is 14.3 Å². The van der Waals surface area contributed by atoms with E-state index in [1.54, 1.807) is 11.3 Å². The van der Waals surface area contributed by atoms with E-state index in [0.717, 1.165) is 23.4 Å². The number of carbonyl (C=O) groups is 2. The lowest BCUT2D eigenvalue weighted by molar-refractivity contribution is -0.148. The average molecular weight is 408 g/mol. The van der Waals surface area contributed by atoms with Gasteiger partial charge in [0, 0.05) is 22.4 Å². The van der Waals surface area contributed by atoms with Crippen molar-refractivity contribution in [2.75, 3.05) is 5.32 Å². The van der Waals surface area contributed by atoms with Crippen molar-refractivity contribution in [2.45, 2.75) is 38.7 Å². The summed E-state index contributed by atoms with van der Waals surface area (Å²) in [6, 6.07) is 13.5. The Morgan fingerprint density at radius 2 is 1.93 bits per heavy atom. The zero-order chi connectivity index (χ0) is 20.2. The summed E-state index contributed by atoms with van der Waals surface area (Å²) in [5.41, 5.74) is 2.15.